The molecule has 0 bridgehead atoms. The second kappa shape index (κ2) is 7.48. The molecule has 1 aromatic heterocycles. The number of nitrogens with one attached hydrogen (secondary N) is 1. The van der Waals surface area contributed by atoms with Crippen molar-refractivity contribution in [3.63, 3.8) is 0 Å². The molecule has 0 aliphatic heterocycles. The molecule has 1 heterocycles. The number of benzene rings is 1. The third kappa shape index (κ3) is 4.82. The van der Waals surface area contributed by atoms with Crippen molar-refractivity contribution >= 4 is 5.95 Å². The lowest BCUT2D eigenvalue weighted by Crippen LogP contribution is -2.27. The van der Waals surface area contributed by atoms with Crippen LogP contribution in [0.15, 0.2) is 30.5 Å². The Kier molecular flexibility index (Phi) is 5.61. The Morgan fingerprint density at radius 2 is 1.88 bits per heavy atom. The van der Waals surface area contributed by atoms with Gasteiger partial charge in [-0.05, 0) is 31.0 Å². The van der Waals surface area contributed by atoms with E-state index in [1.807, 2.05) is 32.0 Å². The van der Waals surface area contributed by atoms with E-state index in [1.54, 1.807) is 0 Å². The van der Waals surface area contributed by atoms with Gasteiger partial charge >= 0.3 is 6.18 Å². The number of para-hydroxylation sites is 1. The highest BCUT2D eigenvalue weighted by Crippen LogP contribution is 2.27. The monoisotopic (exact) mass is 341 g/mol. The largest absolute Gasteiger partial charge is 0.490 e. The van der Waals surface area contributed by atoms with Crippen LogP contribution in [0, 0.1) is 13.8 Å². The minimum atomic E-state index is -4.54. The zero-order valence-electron chi connectivity index (χ0n) is 13.3. The fourth-order valence-corrected chi connectivity index (χ4v) is 2.08. The lowest BCUT2D eigenvalue weighted by molar-refractivity contribution is -0.141. The Balaban J connectivity index is 1.89. The van der Waals surface area contributed by atoms with Crippen molar-refractivity contribution in [1.29, 1.82) is 0 Å². The number of rotatable bonds is 6. The van der Waals surface area contributed by atoms with Crippen molar-refractivity contribution in [2.75, 3.05) is 18.5 Å². The summed E-state index contributed by atoms with van der Waals surface area (Å²) in [5, 5.41) is 12.5. The van der Waals surface area contributed by atoms with Gasteiger partial charge in [0, 0.05) is 12.7 Å². The first kappa shape index (κ1) is 18.0. The van der Waals surface area contributed by atoms with Crippen LogP contribution in [0.3, 0.4) is 0 Å². The number of halogens is 3. The third-order valence-corrected chi connectivity index (χ3v) is 3.27. The summed E-state index contributed by atoms with van der Waals surface area (Å²) in [6.07, 6.45) is -4.46. The number of alkyl halides is 3. The number of aryl methyl sites for hydroxylation is 2. The Labute approximate surface area is 137 Å². The van der Waals surface area contributed by atoms with E-state index in [0.717, 1.165) is 23.4 Å². The second-order valence-corrected chi connectivity index (χ2v) is 5.33. The number of nitrogens with zero attached hydrogens (tertiary/aromatic N) is 2. The predicted octanol–water partition coefficient (Wildman–Crippen LogP) is 2.96. The zero-order valence-corrected chi connectivity index (χ0v) is 13.3. The minimum absolute atomic E-state index is 0.00233. The Hall–Kier alpha value is -2.35. The van der Waals surface area contributed by atoms with Crippen LogP contribution in [-0.4, -0.2) is 34.3 Å². The molecule has 0 fully saturated rings. The van der Waals surface area contributed by atoms with Gasteiger partial charge in [0.1, 0.15) is 24.2 Å². The lowest BCUT2D eigenvalue weighted by Gasteiger charge is -2.16. The number of aliphatic hydroxyl groups excluding tert-OH is 1. The Morgan fingerprint density at radius 1 is 1.21 bits per heavy atom. The quantitative estimate of drug-likeness (QED) is 0.846. The molecule has 0 unspecified atom stereocenters. The standard InChI is InChI=1S/C16H18F3N3O2/c1-10-4-3-5-11(2)14(10)24-9-12(23)8-21-15-20-7-6-13(22-15)16(17,18)19/h3-7,12,23H,8-9H2,1-2H3,(H,20,21,22)/t12-/m1/s1. The molecule has 24 heavy (non-hydrogen) atoms. The van der Waals surface area contributed by atoms with E-state index in [4.69, 9.17) is 4.74 Å². The van der Waals surface area contributed by atoms with Crippen LogP contribution < -0.4 is 10.1 Å². The van der Waals surface area contributed by atoms with E-state index in [2.05, 4.69) is 15.3 Å². The first-order valence-electron chi connectivity index (χ1n) is 7.28. The van der Waals surface area contributed by atoms with Gasteiger partial charge in [-0.25, -0.2) is 9.97 Å². The average Bonchev–Trinajstić information content (AvgIpc) is 2.52. The van der Waals surface area contributed by atoms with Crippen LogP contribution in [0.5, 0.6) is 5.75 Å². The maximum Gasteiger partial charge on any atom is 0.433 e. The summed E-state index contributed by atoms with van der Waals surface area (Å²) in [4.78, 5) is 7.06. The molecule has 130 valence electrons. The molecule has 2 aromatic rings. The van der Waals surface area contributed by atoms with E-state index in [1.165, 1.54) is 0 Å². The summed E-state index contributed by atoms with van der Waals surface area (Å²) in [5.41, 5.74) is 0.842. The summed E-state index contributed by atoms with van der Waals surface area (Å²) in [6, 6.07) is 6.47. The highest BCUT2D eigenvalue weighted by Gasteiger charge is 2.32. The summed E-state index contributed by atoms with van der Waals surface area (Å²) in [5.74, 6) is 0.489. The number of ether oxygens (including phenoxy) is 1. The SMILES string of the molecule is Cc1cccc(C)c1OC[C@H](O)CNc1nccc(C(F)(F)F)n1. The third-order valence-electron chi connectivity index (χ3n) is 3.27. The van der Waals surface area contributed by atoms with Gasteiger partial charge in [0.2, 0.25) is 5.95 Å². The van der Waals surface area contributed by atoms with E-state index in [0.29, 0.717) is 5.75 Å². The first-order valence-corrected chi connectivity index (χ1v) is 7.28. The molecule has 1 aromatic carbocycles. The van der Waals surface area contributed by atoms with Crippen molar-refractivity contribution in [1.82, 2.24) is 9.97 Å². The van der Waals surface area contributed by atoms with Crippen LogP contribution in [0.1, 0.15) is 16.8 Å². The molecule has 8 heteroatoms. The van der Waals surface area contributed by atoms with Crippen LogP contribution in [0.4, 0.5) is 19.1 Å². The normalized spacial score (nSPS) is 12.8. The van der Waals surface area contributed by atoms with E-state index in [9.17, 15) is 18.3 Å². The molecule has 1 atom stereocenters. The number of aromatic nitrogens is 2. The van der Waals surface area contributed by atoms with Crippen molar-refractivity contribution in [3.05, 3.63) is 47.3 Å². The average molecular weight is 341 g/mol. The predicted molar refractivity (Wildman–Crippen MR) is 82.9 cm³/mol. The summed E-state index contributed by atoms with van der Waals surface area (Å²) in [7, 11) is 0. The molecule has 0 amide bonds. The van der Waals surface area contributed by atoms with Crippen molar-refractivity contribution in [2.45, 2.75) is 26.1 Å². The molecule has 0 aliphatic rings. The number of anilines is 1. The van der Waals surface area contributed by atoms with Gasteiger partial charge in [-0.1, -0.05) is 18.2 Å². The topological polar surface area (TPSA) is 67.3 Å². The zero-order chi connectivity index (χ0) is 17.7. The highest BCUT2D eigenvalue weighted by atomic mass is 19.4. The first-order chi connectivity index (χ1) is 11.3. The molecule has 0 saturated heterocycles. The van der Waals surface area contributed by atoms with Gasteiger partial charge in [-0.2, -0.15) is 13.2 Å². The Morgan fingerprint density at radius 3 is 2.50 bits per heavy atom. The minimum Gasteiger partial charge on any atom is -0.490 e. The van der Waals surface area contributed by atoms with Crippen LogP contribution in [-0.2, 0) is 6.18 Å². The summed E-state index contributed by atoms with van der Waals surface area (Å²) < 4.78 is 43.3. The molecule has 0 aliphatic carbocycles. The highest BCUT2D eigenvalue weighted by molar-refractivity contribution is 5.39. The molecule has 5 nitrogen and oxygen atoms in total. The van der Waals surface area contributed by atoms with Crippen molar-refractivity contribution in [3.8, 4) is 5.75 Å². The molecule has 0 radical (unpaired) electrons. The molecular formula is C16H18F3N3O2. The van der Waals surface area contributed by atoms with E-state index >= 15 is 0 Å². The maximum absolute atomic E-state index is 12.6. The van der Waals surface area contributed by atoms with E-state index in [-0.39, 0.29) is 19.1 Å². The smallest absolute Gasteiger partial charge is 0.433 e. The van der Waals surface area contributed by atoms with Gasteiger partial charge in [0.15, 0.2) is 0 Å². The lowest BCUT2D eigenvalue weighted by atomic mass is 10.1. The van der Waals surface area contributed by atoms with Gasteiger partial charge < -0.3 is 15.2 Å². The van der Waals surface area contributed by atoms with Gasteiger partial charge in [-0.3, -0.25) is 0 Å². The molecule has 2 rings (SSSR count). The molecular weight excluding hydrogens is 323 g/mol. The number of hydrogen-bond donors (Lipinski definition) is 2. The summed E-state index contributed by atoms with van der Waals surface area (Å²) >= 11 is 0. The Bertz CT molecular complexity index is 672. The van der Waals surface area contributed by atoms with Gasteiger partial charge in [0.25, 0.3) is 0 Å². The van der Waals surface area contributed by atoms with Crippen LogP contribution in [0.25, 0.3) is 0 Å². The fourth-order valence-electron chi connectivity index (χ4n) is 2.08. The van der Waals surface area contributed by atoms with Crippen molar-refractivity contribution < 1.29 is 23.0 Å². The molecule has 0 spiro atoms. The van der Waals surface area contributed by atoms with Crippen molar-refractivity contribution in [2.24, 2.45) is 0 Å². The second-order valence-electron chi connectivity index (χ2n) is 5.33. The van der Waals surface area contributed by atoms with Gasteiger partial charge in [0.05, 0.1) is 0 Å². The van der Waals surface area contributed by atoms with Crippen LogP contribution >= 0.6 is 0 Å². The van der Waals surface area contributed by atoms with Gasteiger partial charge in [-0.15, -0.1) is 0 Å². The number of hydrogen-bond acceptors (Lipinski definition) is 5. The molecule has 0 saturated carbocycles. The van der Waals surface area contributed by atoms with E-state index < -0.39 is 18.0 Å². The van der Waals surface area contributed by atoms with Crippen LogP contribution in [0.2, 0.25) is 0 Å². The summed E-state index contributed by atoms with van der Waals surface area (Å²) in [6.45, 7) is 3.75. The molecule has 2 N–H and O–H groups in total. The maximum atomic E-state index is 12.6. The fraction of sp³-hybridized carbons (Fsp3) is 0.375. The number of aliphatic hydroxyl groups is 1.